The Hall–Kier alpha value is -4.10. The first-order valence-electron chi connectivity index (χ1n) is 10.5. The minimum absolute atomic E-state index is 0.00983. The van der Waals surface area contributed by atoms with Crippen LogP contribution in [0.2, 0.25) is 0 Å². The molecule has 0 aliphatic heterocycles. The fraction of sp³-hybridized carbons (Fsp3) is 0.0769. The molecule has 0 spiro atoms. The summed E-state index contributed by atoms with van der Waals surface area (Å²) < 4.78 is 5.11. The molecule has 2 aromatic carbocycles. The third kappa shape index (κ3) is 4.44. The number of thiophene rings is 1. The van der Waals surface area contributed by atoms with Crippen LogP contribution in [0, 0.1) is 0 Å². The summed E-state index contributed by atoms with van der Waals surface area (Å²) in [5, 5.41) is 7.55. The largest absolute Gasteiger partial charge is 0.459 e. The molecule has 3 heterocycles. The molecule has 2 amide bonds. The van der Waals surface area contributed by atoms with E-state index in [0.717, 1.165) is 22.0 Å². The van der Waals surface area contributed by atoms with Gasteiger partial charge >= 0.3 is 0 Å². The van der Waals surface area contributed by atoms with Crippen LogP contribution in [0.5, 0.6) is 0 Å². The van der Waals surface area contributed by atoms with Crippen LogP contribution in [0.25, 0.3) is 10.9 Å². The molecule has 3 aromatic heterocycles. The second kappa shape index (κ2) is 9.18. The number of benzene rings is 2. The molecule has 3 N–H and O–H groups in total. The van der Waals surface area contributed by atoms with E-state index in [1.54, 1.807) is 24.3 Å². The normalized spacial score (nSPS) is 11.9. The van der Waals surface area contributed by atoms with Crippen molar-refractivity contribution in [2.75, 3.05) is 11.9 Å². The Labute approximate surface area is 194 Å². The third-order valence-corrected chi connectivity index (χ3v) is 6.48. The van der Waals surface area contributed by atoms with Gasteiger partial charge in [0, 0.05) is 29.6 Å². The fourth-order valence-corrected chi connectivity index (χ4v) is 4.68. The Morgan fingerprint density at radius 3 is 2.55 bits per heavy atom. The molecule has 0 bridgehead atoms. The van der Waals surface area contributed by atoms with E-state index in [4.69, 9.17) is 4.42 Å². The molecule has 5 aromatic rings. The summed E-state index contributed by atoms with van der Waals surface area (Å²) in [5.41, 5.74) is 3.32. The SMILES string of the molecule is O=C(Nc1ccc(C(=O)NCC(c2ccccc2)c2c[nH]c3ccccc23)s1)c1ccco1. The lowest BCUT2D eigenvalue weighted by Crippen LogP contribution is -2.28. The predicted octanol–water partition coefficient (Wildman–Crippen LogP) is 5.64. The third-order valence-electron chi connectivity index (χ3n) is 5.48. The monoisotopic (exact) mass is 455 g/mol. The van der Waals surface area contributed by atoms with Crippen LogP contribution in [-0.4, -0.2) is 23.3 Å². The number of fused-ring (bicyclic) bond motifs is 1. The highest BCUT2D eigenvalue weighted by molar-refractivity contribution is 7.18. The van der Waals surface area contributed by atoms with Gasteiger partial charge in [0.15, 0.2) is 5.76 Å². The highest BCUT2D eigenvalue weighted by Crippen LogP contribution is 2.31. The average Bonchev–Trinajstić information content (AvgIpc) is 3.61. The Balaban J connectivity index is 1.32. The van der Waals surface area contributed by atoms with Crippen molar-refractivity contribution in [1.29, 1.82) is 0 Å². The predicted molar refractivity (Wildman–Crippen MR) is 130 cm³/mol. The van der Waals surface area contributed by atoms with Crippen LogP contribution in [0.4, 0.5) is 5.00 Å². The van der Waals surface area contributed by atoms with Crippen LogP contribution >= 0.6 is 11.3 Å². The molecule has 5 rings (SSSR count). The highest BCUT2D eigenvalue weighted by atomic mass is 32.1. The molecular formula is C26H21N3O3S. The van der Waals surface area contributed by atoms with Gasteiger partial charge in [-0.05, 0) is 41.5 Å². The van der Waals surface area contributed by atoms with Crippen molar-refractivity contribution in [2.45, 2.75) is 5.92 Å². The van der Waals surface area contributed by atoms with Crippen molar-refractivity contribution in [3.05, 3.63) is 113 Å². The minimum atomic E-state index is -0.350. The maximum absolute atomic E-state index is 12.9. The van der Waals surface area contributed by atoms with Gasteiger partial charge < -0.3 is 20.0 Å². The van der Waals surface area contributed by atoms with Gasteiger partial charge in [-0.3, -0.25) is 9.59 Å². The van der Waals surface area contributed by atoms with E-state index in [-0.39, 0.29) is 23.5 Å². The van der Waals surface area contributed by atoms with Crippen molar-refractivity contribution < 1.29 is 14.0 Å². The van der Waals surface area contributed by atoms with Crippen molar-refractivity contribution >= 4 is 39.1 Å². The Bertz CT molecular complexity index is 1390. The molecule has 164 valence electrons. The Morgan fingerprint density at radius 2 is 1.73 bits per heavy atom. The maximum Gasteiger partial charge on any atom is 0.291 e. The number of hydrogen-bond acceptors (Lipinski definition) is 4. The van der Waals surface area contributed by atoms with Gasteiger partial charge in [0.25, 0.3) is 11.8 Å². The number of nitrogens with one attached hydrogen (secondary N) is 3. The van der Waals surface area contributed by atoms with Gasteiger partial charge in [-0.25, -0.2) is 0 Å². The van der Waals surface area contributed by atoms with Gasteiger partial charge in [-0.2, -0.15) is 0 Å². The van der Waals surface area contributed by atoms with Crippen LogP contribution in [0.15, 0.2) is 95.7 Å². The van der Waals surface area contributed by atoms with Crippen molar-refractivity contribution in [3.8, 4) is 0 Å². The van der Waals surface area contributed by atoms with E-state index in [1.165, 1.54) is 17.6 Å². The fourth-order valence-electron chi connectivity index (χ4n) is 3.87. The van der Waals surface area contributed by atoms with E-state index < -0.39 is 0 Å². The number of amides is 2. The van der Waals surface area contributed by atoms with Crippen LogP contribution in [-0.2, 0) is 0 Å². The molecule has 7 heteroatoms. The van der Waals surface area contributed by atoms with E-state index in [1.807, 2.05) is 42.6 Å². The first kappa shape index (κ1) is 20.8. The molecule has 33 heavy (non-hydrogen) atoms. The highest BCUT2D eigenvalue weighted by Gasteiger charge is 2.20. The average molecular weight is 456 g/mol. The molecule has 0 saturated carbocycles. The standard InChI is InChI=1S/C26H21N3O3S/c30-25(22-11-6-14-32-22)29-24-13-12-23(33-24)26(31)28-15-19(17-7-2-1-3-8-17)20-16-27-21-10-5-4-9-18(20)21/h1-14,16,19,27H,15H2,(H,28,31)(H,29,30). The molecule has 0 aliphatic rings. The summed E-state index contributed by atoms with van der Waals surface area (Å²) in [4.78, 5) is 28.9. The molecule has 0 fully saturated rings. The number of H-pyrrole nitrogens is 1. The molecule has 1 unspecified atom stereocenters. The lowest BCUT2D eigenvalue weighted by Gasteiger charge is -2.18. The van der Waals surface area contributed by atoms with Gasteiger partial charge in [0.05, 0.1) is 16.1 Å². The first-order chi connectivity index (χ1) is 16.2. The van der Waals surface area contributed by atoms with E-state index >= 15 is 0 Å². The number of rotatable bonds is 7. The van der Waals surface area contributed by atoms with Crippen LogP contribution in [0.3, 0.4) is 0 Å². The summed E-state index contributed by atoms with van der Waals surface area (Å²) in [6.07, 6.45) is 3.46. The first-order valence-corrected chi connectivity index (χ1v) is 11.3. The molecule has 6 nitrogen and oxygen atoms in total. The van der Waals surface area contributed by atoms with Crippen molar-refractivity contribution in [1.82, 2.24) is 10.3 Å². The van der Waals surface area contributed by atoms with Crippen LogP contribution < -0.4 is 10.6 Å². The molecule has 1 atom stereocenters. The van der Waals surface area contributed by atoms with Gasteiger partial charge in [0.2, 0.25) is 0 Å². The molecule has 0 saturated heterocycles. The number of carbonyl (C=O) groups is 2. The lowest BCUT2D eigenvalue weighted by atomic mass is 9.91. The van der Waals surface area contributed by atoms with Crippen molar-refractivity contribution in [3.63, 3.8) is 0 Å². The summed E-state index contributed by atoms with van der Waals surface area (Å²) in [7, 11) is 0. The summed E-state index contributed by atoms with van der Waals surface area (Å²) in [6.45, 7) is 0.441. The summed E-state index contributed by atoms with van der Waals surface area (Å²) in [6, 6.07) is 25.0. The number of para-hydroxylation sites is 1. The van der Waals surface area contributed by atoms with Gasteiger partial charge in [-0.1, -0.05) is 48.5 Å². The number of hydrogen-bond donors (Lipinski definition) is 3. The number of aromatic nitrogens is 1. The lowest BCUT2D eigenvalue weighted by molar-refractivity contribution is 0.0955. The number of anilines is 1. The molecule has 0 radical (unpaired) electrons. The van der Waals surface area contributed by atoms with E-state index in [9.17, 15) is 9.59 Å². The minimum Gasteiger partial charge on any atom is -0.459 e. The van der Waals surface area contributed by atoms with E-state index in [2.05, 4.69) is 33.8 Å². The van der Waals surface area contributed by atoms with Crippen molar-refractivity contribution in [2.24, 2.45) is 0 Å². The quantitative estimate of drug-likeness (QED) is 0.297. The van der Waals surface area contributed by atoms with E-state index in [0.29, 0.717) is 16.4 Å². The zero-order chi connectivity index (χ0) is 22.6. The second-order valence-corrected chi connectivity index (χ2v) is 8.64. The summed E-state index contributed by atoms with van der Waals surface area (Å²) >= 11 is 1.22. The zero-order valence-corrected chi connectivity index (χ0v) is 18.4. The number of carbonyl (C=O) groups excluding carboxylic acids is 2. The second-order valence-electron chi connectivity index (χ2n) is 7.56. The smallest absolute Gasteiger partial charge is 0.291 e. The Kier molecular flexibility index (Phi) is 5.78. The van der Waals surface area contributed by atoms with Crippen LogP contribution in [0.1, 0.15) is 37.3 Å². The number of furan rings is 1. The molecule has 0 aliphatic carbocycles. The topological polar surface area (TPSA) is 87.1 Å². The zero-order valence-electron chi connectivity index (χ0n) is 17.6. The Morgan fingerprint density at radius 1 is 0.909 bits per heavy atom. The number of aromatic amines is 1. The van der Waals surface area contributed by atoms with Gasteiger partial charge in [0.1, 0.15) is 0 Å². The van der Waals surface area contributed by atoms with Gasteiger partial charge in [-0.15, -0.1) is 11.3 Å². The maximum atomic E-state index is 12.9. The molecular weight excluding hydrogens is 434 g/mol. The summed E-state index contributed by atoms with van der Waals surface area (Å²) in [5.74, 6) is -0.320.